The van der Waals surface area contributed by atoms with E-state index in [4.69, 9.17) is 0 Å². The molecule has 1 aromatic carbocycles. The third-order valence-electron chi connectivity index (χ3n) is 4.08. The first-order valence-corrected chi connectivity index (χ1v) is 7.07. The Balaban J connectivity index is 0.00000200. The summed E-state index contributed by atoms with van der Waals surface area (Å²) >= 11 is 0. The van der Waals surface area contributed by atoms with E-state index in [0.717, 1.165) is 25.9 Å². The van der Waals surface area contributed by atoms with Gasteiger partial charge in [0.2, 0.25) is 5.91 Å². The van der Waals surface area contributed by atoms with Gasteiger partial charge in [0.1, 0.15) is 0 Å². The molecular formula is C16H25ClN2O. The highest BCUT2D eigenvalue weighted by atomic mass is 35.5. The van der Waals surface area contributed by atoms with Crippen molar-refractivity contribution in [3.63, 3.8) is 0 Å². The molecule has 0 spiro atoms. The van der Waals surface area contributed by atoms with Gasteiger partial charge in [0.05, 0.1) is 5.41 Å². The Kier molecular flexibility index (Phi) is 6.03. The fraction of sp³-hybridized carbons (Fsp3) is 0.562. The second kappa shape index (κ2) is 7.09. The first-order chi connectivity index (χ1) is 9.01. The van der Waals surface area contributed by atoms with E-state index >= 15 is 0 Å². The minimum absolute atomic E-state index is 0. The van der Waals surface area contributed by atoms with Crippen LogP contribution in [0, 0.1) is 12.3 Å². The summed E-state index contributed by atoms with van der Waals surface area (Å²) in [5.74, 6) is 0.179. The van der Waals surface area contributed by atoms with Crippen molar-refractivity contribution in [3.05, 3.63) is 35.4 Å². The van der Waals surface area contributed by atoms with Crippen LogP contribution in [0.3, 0.4) is 0 Å². The number of hydrogen-bond donors (Lipinski definition) is 2. The maximum atomic E-state index is 12.3. The van der Waals surface area contributed by atoms with Gasteiger partial charge in [-0.1, -0.05) is 24.3 Å². The van der Waals surface area contributed by atoms with Crippen LogP contribution in [-0.2, 0) is 11.2 Å². The number of benzene rings is 1. The summed E-state index contributed by atoms with van der Waals surface area (Å²) in [5.41, 5.74) is 2.36. The molecule has 1 heterocycles. The van der Waals surface area contributed by atoms with Crippen molar-refractivity contribution in [1.29, 1.82) is 0 Å². The van der Waals surface area contributed by atoms with Crippen LogP contribution >= 0.6 is 12.4 Å². The van der Waals surface area contributed by atoms with Crippen LogP contribution < -0.4 is 10.6 Å². The molecule has 0 bridgehead atoms. The molecule has 1 saturated heterocycles. The Hall–Kier alpha value is -1.06. The first kappa shape index (κ1) is 17.0. The number of carbonyl (C=O) groups is 1. The van der Waals surface area contributed by atoms with Crippen molar-refractivity contribution in [2.45, 2.75) is 39.7 Å². The van der Waals surface area contributed by atoms with Gasteiger partial charge in [-0.05, 0) is 51.3 Å². The Bertz CT molecular complexity index is 456. The summed E-state index contributed by atoms with van der Waals surface area (Å²) in [4.78, 5) is 12.3. The lowest BCUT2D eigenvalue weighted by Crippen LogP contribution is -2.45. The molecule has 1 amide bonds. The average Bonchev–Trinajstić information content (AvgIpc) is 2.80. The van der Waals surface area contributed by atoms with Gasteiger partial charge in [-0.25, -0.2) is 0 Å². The molecule has 0 aliphatic carbocycles. The largest absolute Gasteiger partial charge is 0.353 e. The summed E-state index contributed by atoms with van der Waals surface area (Å²) in [6.45, 7) is 7.97. The number of amides is 1. The van der Waals surface area contributed by atoms with Crippen molar-refractivity contribution >= 4 is 18.3 Å². The molecule has 112 valence electrons. The number of rotatable bonds is 4. The normalized spacial score (nSPS) is 22.9. The van der Waals surface area contributed by atoms with Crippen LogP contribution in [0.5, 0.6) is 0 Å². The molecule has 1 aliphatic heterocycles. The zero-order valence-electron chi connectivity index (χ0n) is 12.5. The molecule has 0 saturated carbocycles. The Morgan fingerprint density at radius 1 is 1.45 bits per heavy atom. The van der Waals surface area contributed by atoms with Gasteiger partial charge in [-0.3, -0.25) is 4.79 Å². The minimum atomic E-state index is -0.236. The quantitative estimate of drug-likeness (QED) is 0.896. The minimum Gasteiger partial charge on any atom is -0.353 e. The van der Waals surface area contributed by atoms with Crippen LogP contribution in [0.2, 0.25) is 0 Å². The van der Waals surface area contributed by atoms with Crippen LogP contribution in [0.1, 0.15) is 31.4 Å². The van der Waals surface area contributed by atoms with E-state index in [-0.39, 0.29) is 29.8 Å². The molecule has 2 rings (SSSR count). The van der Waals surface area contributed by atoms with Crippen molar-refractivity contribution in [2.24, 2.45) is 5.41 Å². The topological polar surface area (TPSA) is 41.1 Å². The number of carbonyl (C=O) groups excluding carboxylic acids is 1. The van der Waals surface area contributed by atoms with Crippen molar-refractivity contribution in [1.82, 2.24) is 10.6 Å². The maximum absolute atomic E-state index is 12.3. The van der Waals surface area contributed by atoms with E-state index in [1.807, 2.05) is 13.0 Å². The first-order valence-electron chi connectivity index (χ1n) is 7.07. The third kappa shape index (κ3) is 3.97. The molecule has 1 fully saturated rings. The van der Waals surface area contributed by atoms with E-state index in [2.05, 4.69) is 42.7 Å². The second-order valence-corrected chi connectivity index (χ2v) is 5.99. The SMILES string of the molecule is Cc1ccccc1CC(C)NC(=O)C1(C)CCNC1.Cl. The highest BCUT2D eigenvalue weighted by Crippen LogP contribution is 2.24. The van der Waals surface area contributed by atoms with Gasteiger partial charge in [0, 0.05) is 12.6 Å². The third-order valence-corrected chi connectivity index (χ3v) is 4.08. The van der Waals surface area contributed by atoms with Gasteiger partial charge >= 0.3 is 0 Å². The Labute approximate surface area is 127 Å². The van der Waals surface area contributed by atoms with Crippen molar-refractivity contribution in [2.75, 3.05) is 13.1 Å². The summed E-state index contributed by atoms with van der Waals surface area (Å²) in [6, 6.07) is 8.53. The molecule has 2 unspecified atom stereocenters. The van der Waals surface area contributed by atoms with E-state index in [1.165, 1.54) is 11.1 Å². The van der Waals surface area contributed by atoms with Crippen LogP contribution in [0.15, 0.2) is 24.3 Å². The summed E-state index contributed by atoms with van der Waals surface area (Å²) in [5, 5.41) is 6.42. The molecule has 20 heavy (non-hydrogen) atoms. The molecule has 4 heteroatoms. The lowest BCUT2D eigenvalue weighted by Gasteiger charge is -2.25. The molecular weight excluding hydrogens is 272 g/mol. The summed E-state index contributed by atoms with van der Waals surface area (Å²) < 4.78 is 0. The van der Waals surface area contributed by atoms with Crippen molar-refractivity contribution < 1.29 is 4.79 Å². The van der Waals surface area contributed by atoms with Gasteiger partial charge in [-0.2, -0.15) is 0 Å². The lowest BCUT2D eigenvalue weighted by molar-refractivity contribution is -0.129. The molecule has 2 atom stereocenters. The molecule has 0 radical (unpaired) electrons. The molecule has 3 nitrogen and oxygen atoms in total. The van der Waals surface area contributed by atoms with Gasteiger partial charge < -0.3 is 10.6 Å². The van der Waals surface area contributed by atoms with Gasteiger partial charge in [0.25, 0.3) is 0 Å². The smallest absolute Gasteiger partial charge is 0.227 e. The Morgan fingerprint density at radius 3 is 2.75 bits per heavy atom. The van der Waals surface area contributed by atoms with Gasteiger partial charge in [-0.15, -0.1) is 12.4 Å². The predicted octanol–water partition coefficient (Wildman–Crippen LogP) is 2.46. The standard InChI is InChI=1S/C16H24N2O.ClH/c1-12-6-4-5-7-14(12)10-13(2)18-15(19)16(3)8-9-17-11-16;/h4-7,13,17H,8-11H2,1-3H3,(H,18,19);1H. The monoisotopic (exact) mass is 296 g/mol. The van der Waals surface area contributed by atoms with E-state index < -0.39 is 0 Å². The Morgan fingerprint density at radius 2 is 2.15 bits per heavy atom. The summed E-state index contributed by atoms with van der Waals surface area (Å²) in [6.07, 6.45) is 1.82. The molecule has 1 aliphatic rings. The van der Waals surface area contributed by atoms with E-state index in [1.54, 1.807) is 0 Å². The van der Waals surface area contributed by atoms with E-state index in [9.17, 15) is 4.79 Å². The average molecular weight is 297 g/mol. The fourth-order valence-electron chi connectivity index (χ4n) is 2.63. The predicted molar refractivity (Wildman–Crippen MR) is 85.3 cm³/mol. The summed E-state index contributed by atoms with van der Waals surface area (Å²) in [7, 11) is 0. The van der Waals surface area contributed by atoms with Crippen molar-refractivity contribution in [3.8, 4) is 0 Å². The second-order valence-electron chi connectivity index (χ2n) is 5.99. The number of hydrogen-bond acceptors (Lipinski definition) is 2. The van der Waals surface area contributed by atoms with Crippen LogP contribution in [0.25, 0.3) is 0 Å². The van der Waals surface area contributed by atoms with Crippen LogP contribution in [0.4, 0.5) is 0 Å². The molecule has 0 aromatic heterocycles. The highest BCUT2D eigenvalue weighted by molar-refractivity contribution is 5.85. The van der Waals surface area contributed by atoms with Crippen LogP contribution in [-0.4, -0.2) is 25.0 Å². The zero-order chi connectivity index (χ0) is 13.9. The number of aryl methyl sites for hydroxylation is 1. The number of halogens is 1. The highest BCUT2D eigenvalue weighted by Gasteiger charge is 2.36. The molecule has 2 N–H and O–H groups in total. The number of nitrogens with one attached hydrogen (secondary N) is 2. The lowest BCUT2D eigenvalue weighted by atomic mass is 9.88. The molecule has 1 aromatic rings. The fourth-order valence-corrected chi connectivity index (χ4v) is 2.63. The zero-order valence-corrected chi connectivity index (χ0v) is 13.3. The maximum Gasteiger partial charge on any atom is 0.227 e. The van der Waals surface area contributed by atoms with Gasteiger partial charge in [0.15, 0.2) is 0 Å². The van der Waals surface area contributed by atoms with E-state index in [0.29, 0.717) is 0 Å².